The molecule has 1 N–H and O–H groups in total. The Morgan fingerprint density at radius 3 is 2.60 bits per heavy atom. The molecular weight excluding hydrogens is 284 g/mol. The SMILES string of the molecule is CO[N+](=O)c1cc(CNC(=O)OC(C)(C)C)ccc1Cl. The minimum Gasteiger partial charge on any atom is -0.444 e. The van der Waals surface area contributed by atoms with Crippen LogP contribution in [0.2, 0.25) is 5.02 Å². The summed E-state index contributed by atoms with van der Waals surface area (Å²) in [4.78, 5) is 27.8. The van der Waals surface area contributed by atoms with Gasteiger partial charge in [0.05, 0.1) is 4.91 Å². The van der Waals surface area contributed by atoms with E-state index in [0.29, 0.717) is 10.5 Å². The molecule has 0 bridgehead atoms. The van der Waals surface area contributed by atoms with Crippen LogP contribution in [-0.4, -0.2) is 23.7 Å². The first-order valence-electron chi connectivity index (χ1n) is 5.99. The van der Waals surface area contributed by atoms with Crippen molar-refractivity contribution < 1.29 is 19.3 Å². The molecule has 0 aliphatic carbocycles. The highest BCUT2D eigenvalue weighted by atomic mass is 35.5. The van der Waals surface area contributed by atoms with E-state index in [-0.39, 0.29) is 17.3 Å². The Bertz CT molecular complexity index is 512. The Balaban J connectivity index is 2.70. The summed E-state index contributed by atoms with van der Waals surface area (Å²) in [5, 5.41) is 2.86. The van der Waals surface area contributed by atoms with Gasteiger partial charge in [-0.1, -0.05) is 17.7 Å². The molecule has 0 heterocycles. The van der Waals surface area contributed by atoms with E-state index in [4.69, 9.17) is 16.3 Å². The van der Waals surface area contributed by atoms with Gasteiger partial charge >= 0.3 is 11.8 Å². The molecule has 0 saturated carbocycles. The van der Waals surface area contributed by atoms with Gasteiger partial charge in [-0.15, -0.1) is 0 Å². The fourth-order valence-electron chi connectivity index (χ4n) is 1.39. The van der Waals surface area contributed by atoms with Gasteiger partial charge in [-0.25, -0.2) is 9.63 Å². The fraction of sp³-hybridized carbons (Fsp3) is 0.462. The van der Waals surface area contributed by atoms with Crippen molar-refractivity contribution in [3.63, 3.8) is 0 Å². The molecule has 0 atom stereocenters. The summed E-state index contributed by atoms with van der Waals surface area (Å²) in [6.07, 6.45) is -0.528. The highest BCUT2D eigenvalue weighted by molar-refractivity contribution is 6.32. The maximum Gasteiger partial charge on any atom is 0.407 e. The molecule has 1 amide bonds. The number of hydrogen-bond acceptors (Lipinski definition) is 4. The lowest BCUT2D eigenvalue weighted by atomic mass is 10.2. The van der Waals surface area contributed by atoms with Crippen LogP contribution < -0.4 is 5.32 Å². The summed E-state index contributed by atoms with van der Waals surface area (Å²) in [6, 6.07) is 4.80. The number of nitrogens with one attached hydrogen (secondary N) is 1. The van der Waals surface area contributed by atoms with Crippen LogP contribution in [0.3, 0.4) is 0 Å². The Kier molecular flexibility index (Phi) is 5.33. The number of carbonyl (C=O) groups is 1. The van der Waals surface area contributed by atoms with Crippen LogP contribution >= 0.6 is 11.6 Å². The molecule has 0 aromatic heterocycles. The summed E-state index contributed by atoms with van der Waals surface area (Å²) >= 11 is 5.89. The number of amides is 1. The van der Waals surface area contributed by atoms with E-state index in [1.165, 1.54) is 13.2 Å². The molecule has 20 heavy (non-hydrogen) atoms. The summed E-state index contributed by atoms with van der Waals surface area (Å²) in [7, 11) is 1.24. The predicted molar refractivity (Wildman–Crippen MR) is 74.8 cm³/mol. The topological polar surface area (TPSA) is 67.6 Å². The Morgan fingerprint density at radius 1 is 1.40 bits per heavy atom. The lowest BCUT2D eigenvalue weighted by molar-refractivity contribution is -0.736. The van der Waals surface area contributed by atoms with Gasteiger partial charge in [0.25, 0.3) is 4.92 Å². The van der Waals surface area contributed by atoms with E-state index in [0.717, 1.165) is 0 Å². The second-order valence-corrected chi connectivity index (χ2v) is 5.49. The van der Waals surface area contributed by atoms with Gasteiger partial charge in [0, 0.05) is 12.6 Å². The number of benzene rings is 1. The zero-order valence-electron chi connectivity index (χ0n) is 11.9. The van der Waals surface area contributed by atoms with Gasteiger partial charge in [0.2, 0.25) is 0 Å². The number of hydrogen-bond donors (Lipinski definition) is 1. The van der Waals surface area contributed by atoms with Crippen molar-refractivity contribution in [1.82, 2.24) is 5.32 Å². The van der Waals surface area contributed by atoms with Crippen LogP contribution in [0.1, 0.15) is 26.3 Å². The summed E-state index contributed by atoms with van der Waals surface area (Å²) in [6.45, 7) is 5.55. The molecule has 0 aliphatic heterocycles. The maximum absolute atomic E-state index is 11.5. The molecule has 0 aliphatic rings. The first-order valence-corrected chi connectivity index (χ1v) is 6.37. The summed E-state index contributed by atoms with van der Waals surface area (Å²) < 4.78 is 5.11. The molecule has 0 spiro atoms. The van der Waals surface area contributed by atoms with E-state index in [2.05, 4.69) is 10.2 Å². The normalized spacial score (nSPS) is 10.8. The number of halogens is 1. The maximum atomic E-state index is 11.5. The molecular formula is C13H18ClN2O4+. The standard InChI is InChI=1S/C13H17ClN2O4/c1-13(2,3)20-12(17)15-8-9-5-6-10(14)11(7-9)16(18)19-4/h5-7H,8H2,1-4H3/p+1. The zero-order valence-corrected chi connectivity index (χ0v) is 12.7. The Hall–Kier alpha value is -1.82. The number of carbonyl (C=O) groups excluding carboxylic acids is 1. The second kappa shape index (κ2) is 6.56. The van der Waals surface area contributed by atoms with Gasteiger partial charge in [0.1, 0.15) is 10.6 Å². The van der Waals surface area contributed by atoms with E-state index in [1.54, 1.807) is 32.9 Å². The van der Waals surface area contributed by atoms with Gasteiger partial charge in [0.15, 0.2) is 7.11 Å². The summed E-state index contributed by atoms with van der Waals surface area (Å²) in [5.41, 5.74) is 0.322. The third-order valence-corrected chi connectivity index (χ3v) is 2.53. The monoisotopic (exact) mass is 301 g/mol. The fourth-order valence-corrected chi connectivity index (χ4v) is 1.58. The van der Waals surface area contributed by atoms with Gasteiger partial charge in [-0.2, -0.15) is 0 Å². The van der Waals surface area contributed by atoms with Crippen molar-refractivity contribution in [3.05, 3.63) is 33.7 Å². The number of alkyl carbamates (subject to hydrolysis) is 1. The van der Waals surface area contributed by atoms with Gasteiger partial charge in [-0.3, -0.25) is 0 Å². The zero-order chi connectivity index (χ0) is 15.3. The smallest absolute Gasteiger partial charge is 0.407 e. The first-order chi connectivity index (χ1) is 9.23. The minimum absolute atomic E-state index is 0.178. The number of rotatable bonds is 4. The van der Waals surface area contributed by atoms with Crippen LogP contribution in [0, 0.1) is 4.91 Å². The van der Waals surface area contributed by atoms with Crippen LogP contribution in [0.4, 0.5) is 10.5 Å². The number of nitrogens with zero attached hydrogens (tertiary/aromatic N) is 1. The highest BCUT2D eigenvalue weighted by Crippen LogP contribution is 2.25. The Morgan fingerprint density at radius 2 is 2.05 bits per heavy atom. The predicted octanol–water partition coefficient (Wildman–Crippen LogP) is 3.34. The molecule has 0 unspecified atom stereocenters. The molecule has 7 heteroatoms. The minimum atomic E-state index is -0.558. The molecule has 110 valence electrons. The molecule has 1 aromatic carbocycles. The quantitative estimate of drug-likeness (QED) is 0.866. The largest absolute Gasteiger partial charge is 0.444 e. The van der Waals surface area contributed by atoms with Gasteiger partial charge < -0.3 is 10.1 Å². The van der Waals surface area contributed by atoms with Gasteiger partial charge in [-0.05, 0) is 32.4 Å². The summed E-state index contributed by atoms with van der Waals surface area (Å²) in [5.74, 6) is 0. The lowest BCUT2D eigenvalue weighted by Crippen LogP contribution is -2.32. The third kappa shape index (κ3) is 5.05. The molecule has 6 nitrogen and oxygen atoms in total. The van der Waals surface area contributed by atoms with Crippen LogP contribution in [0.5, 0.6) is 0 Å². The molecule has 0 saturated heterocycles. The average Bonchev–Trinajstić information content (AvgIpc) is 2.35. The van der Waals surface area contributed by atoms with E-state index in [9.17, 15) is 9.70 Å². The average molecular weight is 302 g/mol. The van der Waals surface area contributed by atoms with Crippen LogP contribution in [0.25, 0.3) is 0 Å². The first kappa shape index (κ1) is 16.2. The lowest BCUT2D eigenvalue weighted by Gasteiger charge is -2.19. The van der Waals surface area contributed by atoms with Crippen molar-refractivity contribution in [2.75, 3.05) is 7.11 Å². The molecule has 1 aromatic rings. The number of ether oxygens (including phenoxy) is 1. The Labute approximate surface area is 122 Å². The van der Waals surface area contributed by atoms with E-state index < -0.39 is 11.7 Å². The highest BCUT2D eigenvalue weighted by Gasteiger charge is 2.21. The van der Waals surface area contributed by atoms with Crippen molar-refractivity contribution >= 4 is 23.4 Å². The van der Waals surface area contributed by atoms with Crippen LogP contribution in [0.15, 0.2) is 18.2 Å². The van der Waals surface area contributed by atoms with Crippen molar-refractivity contribution in [3.8, 4) is 0 Å². The molecule has 1 rings (SSSR count). The van der Waals surface area contributed by atoms with E-state index >= 15 is 0 Å². The second-order valence-electron chi connectivity index (χ2n) is 5.08. The molecule has 0 radical (unpaired) electrons. The van der Waals surface area contributed by atoms with Crippen molar-refractivity contribution in [2.45, 2.75) is 32.9 Å². The van der Waals surface area contributed by atoms with Crippen molar-refractivity contribution in [2.24, 2.45) is 0 Å². The third-order valence-electron chi connectivity index (χ3n) is 2.21. The van der Waals surface area contributed by atoms with Crippen LogP contribution in [-0.2, 0) is 16.1 Å². The van der Waals surface area contributed by atoms with Crippen molar-refractivity contribution in [1.29, 1.82) is 0 Å². The molecule has 0 fully saturated rings. The van der Waals surface area contributed by atoms with E-state index in [1.807, 2.05) is 0 Å².